The molecule has 1 saturated heterocycles. The Hall–Kier alpha value is -1.34. The lowest BCUT2D eigenvalue weighted by Crippen LogP contribution is -2.81. The van der Waals surface area contributed by atoms with E-state index < -0.39 is 29.3 Å². The van der Waals surface area contributed by atoms with Crippen molar-refractivity contribution in [1.29, 1.82) is 0 Å². The van der Waals surface area contributed by atoms with Crippen LogP contribution in [0.4, 0.5) is 0 Å². The number of hydrogen-bond acceptors (Lipinski definition) is 6. The van der Waals surface area contributed by atoms with Crippen molar-refractivity contribution in [2.45, 2.75) is 54.6 Å². The molecule has 1 aromatic rings. The number of methoxy groups -OCH3 is 1. The highest BCUT2D eigenvalue weighted by atomic mass is 16.5. The van der Waals surface area contributed by atoms with Crippen molar-refractivity contribution in [3.05, 3.63) is 23.3 Å². The van der Waals surface area contributed by atoms with Crippen LogP contribution < -0.4 is 9.47 Å². The quantitative estimate of drug-likeness (QED) is 0.661. The van der Waals surface area contributed by atoms with Crippen LogP contribution in [0.2, 0.25) is 0 Å². The Morgan fingerprint density at radius 1 is 1.33 bits per heavy atom. The zero-order valence-corrected chi connectivity index (χ0v) is 13.9. The molecule has 1 spiro atoms. The van der Waals surface area contributed by atoms with Crippen molar-refractivity contribution >= 4 is 0 Å². The maximum Gasteiger partial charge on any atom is 0.166 e. The molecule has 4 aliphatic rings. The Kier molecular flexibility index (Phi) is 2.76. The molecule has 6 heteroatoms. The first-order valence-electron chi connectivity index (χ1n) is 8.61. The molecule has 3 N–H and O–H groups in total. The average Bonchev–Trinajstić information content (AvgIpc) is 2.91. The summed E-state index contributed by atoms with van der Waals surface area (Å²) in [7, 11) is 3.59. The molecule has 2 heterocycles. The molecule has 2 aliphatic heterocycles. The van der Waals surface area contributed by atoms with E-state index in [-0.39, 0.29) is 12.5 Å². The topological polar surface area (TPSA) is 82.4 Å². The van der Waals surface area contributed by atoms with Crippen LogP contribution in [0.25, 0.3) is 0 Å². The van der Waals surface area contributed by atoms with Gasteiger partial charge in [-0.15, -0.1) is 0 Å². The second-order valence-electron chi connectivity index (χ2n) is 7.74. The van der Waals surface area contributed by atoms with E-state index >= 15 is 0 Å². The highest BCUT2D eigenvalue weighted by Gasteiger charge is 2.75. The third kappa shape index (κ3) is 1.36. The summed E-state index contributed by atoms with van der Waals surface area (Å²) in [5, 5.41) is 33.3. The Morgan fingerprint density at radius 3 is 2.88 bits per heavy atom. The van der Waals surface area contributed by atoms with E-state index in [2.05, 4.69) is 4.90 Å². The minimum absolute atomic E-state index is 0.124. The second kappa shape index (κ2) is 4.43. The summed E-state index contributed by atoms with van der Waals surface area (Å²) in [5.41, 5.74) is -0.0416. The van der Waals surface area contributed by atoms with Gasteiger partial charge < -0.3 is 29.7 Å². The summed E-state index contributed by atoms with van der Waals surface area (Å²) in [5.74, 6) is 1.26. The molecule has 2 aliphatic carbocycles. The number of piperidine rings is 1. The maximum absolute atomic E-state index is 11.8. The first-order chi connectivity index (χ1) is 11.4. The van der Waals surface area contributed by atoms with Crippen LogP contribution in [0.15, 0.2) is 12.1 Å². The van der Waals surface area contributed by atoms with E-state index in [9.17, 15) is 15.3 Å². The van der Waals surface area contributed by atoms with Crippen molar-refractivity contribution < 1.29 is 24.8 Å². The van der Waals surface area contributed by atoms with Gasteiger partial charge in [0.15, 0.2) is 11.5 Å². The van der Waals surface area contributed by atoms with Crippen molar-refractivity contribution in [2.75, 3.05) is 20.7 Å². The lowest BCUT2D eigenvalue weighted by Gasteiger charge is -2.64. The zero-order chi connectivity index (χ0) is 16.9. The summed E-state index contributed by atoms with van der Waals surface area (Å²) < 4.78 is 11.7. The van der Waals surface area contributed by atoms with Gasteiger partial charge >= 0.3 is 0 Å². The van der Waals surface area contributed by atoms with Gasteiger partial charge in [-0.25, -0.2) is 0 Å². The molecule has 130 valence electrons. The summed E-state index contributed by atoms with van der Waals surface area (Å²) in [6.45, 7) is 0.794. The van der Waals surface area contributed by atoms with Gasteiger partial charge in [0.2, 0.25) is 0 Å². The fourth-order valence-corrected chi connectivity index (χ4v) is 5.93. The number of ether oxygens (including phenoxy) is 2. The number of aliphatic hydroxyl groups is 3. The fourth-order valence-electron chi connectivity index (χ4n) is 5.93. The van der Waals surface area contributed by atoms with E-state index in [1.807, 2.05) is 19.2 Å². The molecule has 6 atom stereocenters. The van der Waals surface area contributed by atoms with E-state index in [1.54, 1.807) is 7.11 Å². The third-order valence-corrected chi connectivity index (χ3v) is 6.95. The molecule has 5 rings (SSSR count). The van der Waals surface area contributed by atoms with E-state index in [1.165, 1.54) is 0 Å². The van der Waals surface area contributed by atoms with Crippen LogP contribution in [-0.2, 0) is 11.8 Å². The van der Waals surface area contributed by atoms with Gasteiger partial charge in [0.05, 0.1) is 24.7 Å². The molecular formula is C18H23NO5. The first kappa shape index (κ1) is 15.0. The van der Waals surface area contributed by atoms with Crippen molar-refractivity contribution in [3.63, 3.8) is 0 Å². The minimum Gasteiger partial charge on any atom is -0.493 e. The smallest absolute Gasteiger partial charge is 0.166 e. The molecule has 6 nitrogen and oxygen atoms in total. The van der Waals surface area contributed by atoms with Crippen molar-refractivity contribution in [3.8, 4) is 11.5 Å². The van der Waals surface area contributed by atoms with Gasteiger partial charge in [0.25, 0.3) is 0 Å². The van der Waals surface area contributed by atoms with Crippen LogP contribution in [-0.4, -0.2) is 70.9 Å². The predicted molar refractivity (Wildman–Crippen MR) is 85.4 cm³/mol. The monoisotopic (exact) mass is 333 g/mol. The lowest BCUT2D eigenvalue weighted by atomic mass is 9.48. The molecule has 0 aromatic heterocycles. The predicted octanol–water partition coefficient (Wildman–Crippen LogP) is -0.189. The van der Waals surface area contributed by atoms with Gasteiger partial charge in [-0.05, 0) is 38.1 Å². The average molecular weight is 333 g/mol. The van der Waals surface area contributed by atoms with Gasteiger partial charge in [-0.2, -0.15) is 0 Å². The molecular weight excluding hydrogens is 310 g/mol. The van der Waals surface area contributed by atoms with E-state index in [4.69, 9.17) is 9.47 Å². The Balaban J connectivity index is 1.86. The van der Waals surface area contributed by atoms with Crippen LogP contribution in [0.5, 0.6) is 11.5 Å². The van der Waals surface area contributed by atoms with Gasteiger partial charge in [0, 0.05) is 18.0 Å². The highest BCUT2D eigenvalue weighted by molar-refractivity contribution is 5.63. The van der Waals surface area contributed by atoms with E-state index in [0.717, 1.165) is 17.7 Å². The van der Waals surface area contributed by atoms with Gasteiger partial charge in [-0.1, -0.05) is 6.07 Å². The number of aliphatic hydroxyl groups excluding tert-OH is 2. The van der Waals surface area contributed by atoms with Crippen molar-refractivity contribution in [1.82, 2.24) is 4.90 Å². The molecule has 1 saturated carbocycles. The first-order valence-corrected chi connectivity index (χ1v) is 8.61. The summed E-state index contributed by atoms with van der Waals surface area (Å²) in [6.07, 6.45) is -0.920. The second-order valence-corrected chi connectivity index (χ2v) is 7.74. The largest absolute Gasteiger partial charge is 0.493 e. The highest BCUT2D eigenvalue weighted by Crippen LogP contribution is 2.65. The Labute approximate surface area is 140 Å². The molecule has 0 amide bonds. The Bertz CT molecular complexity index is 724. The van der Waals surface area contributed by atoms with Gasteiger partial charge in [-0.3, -0.25) is 0 Å². The lowest BCUT2D eigenvalue weighted by molar-refractivity contribution is -0.251. The molecule has 1 aromatic carbocycles. The molecule has 5 unspecified atom stereocenters. The number of likely N-dealkylation sites (tertiary alicyclic amines) is 1. The Morgan fingerprint density at radius 2 is 2.12 bits per heavy atom. The molecule has 2 bridgehead atoms. The van der Waals surface area contributed by atoms with Crippen LogP contribution in [0.3, 0.4) is 0 Å². The fraction of sp³-hybridized carbons (Fsp3) is 0.667. The van der Waals surface area contributed by atoms with Crippen molar-refractivity contribution in [2.24, 2.45) is 0 Å². The number of rotatable bonds is 1. The summed E-state index contributed by atoms with van der Waals surface area (Å²) >= 11 is 0. The van der Waals surface area contributed by atoms with E-state index in [0.29, 0.717) is 24.3 Å². The number of benzene rings is 1. The molecule has 24 heavy (non-hydrogen) atoms. The third-order valence-electron chi connectivity index (χ3n) is 6.95. The molecule has 0 radical (unpaired) electrons. The number of nitrogens with zero attached hydrogens (tertiary/aromatic N) is 1. The molecule has 2 fully saturated rings. The SMILES string of the molecule is COc1ccc2c3c1OC1C(O)CC(O)[C@@]4(O)C(C2)N(C)CCC314. The zero-order valence-electron chi connectivity index (χ0n) is 13.9. The van der Waals surface area contributed by atoms with Crippen LogP contribution >= 0.6 is 0 Å². The summed E-state index contributed by atoms with van der Waals surface area (Å²) in [6, 6.07) is 3.74. The maximum atomic E-state index is 11.8. The van der Waals surface area contributed by atoms with Crippen LogP contribution in [0.1, 0.15) is 24.0 Å². The number of likely N-dealkylation sites (N-methyl/N-ethyl adjacent to an activating group) is 1. The minimum atomic E-state index is -1.32. The standard InChI is InChI=1S/C18H23NO5/c1-19-6-5-17-14-9-3-4-11(23-2)15(14)24-16(17)10(20)8-13(21)18(17,22)12(19)7-9/h3-4,10,12-13,16,20-22H,5-8H2,1-2H3/t10?,12?,13?,16?,17?,18-/m0/s1. The number of hydrogen-bond donors (Lipinski definition) is 3. The summed E-state index contributed by atoms with van der Waals surface area (Å²) in [4.78, 5) is 2.13. The van der Waals surface area contributed by atoms with Crippen LogP contribution in [0, 0.1) is 0 Å². The van der Waals surface area contributed by atoms with Gasteiger partial charge in [0.1, 0.15) is 11.7 Å². The normalized spacial score (nSPS) is 45.5.